The van der Waals surface area contributed by atoms with Crippen LogP contribution in [-0.4, -0.2) is 60.3 Å². The molecule has 0 saturated carbocycles. The number of hydrogen-bond donors (Lipinski definition) is 4. The van der Waals surface area contributed by atoms with Crippen molar-refractivity contribution in [2.24, 2.45) is 0 Å². The molecule has 0 aliphatic carbocycles. The van der Waals surface area contributed by atoms with Crippen molar-refractivity contribution in [1.29, 1.82) is 0 Å². The van der Waals surface area contributed by atoms with Gasteiger partial charge in [-0.25, -0.2) is 17.6 Å². The normalized spacial score (nSPS) is 11.6. The Hall–Kier alpha value is -2.94. The molecule has 14 nitrogen and oxygen atoms in total. The van der Waals surface area contributed by atoms with Gasteiger partial charge >= 0.3 is 41.1 Å². The van der Waals surface area contributed by atoms with E-state index in [1.165, 1.54) is 0 Å². The van der Waals surface area contributed by atoms with Gasteiger partial charge in [0, 0.05) is 0 Å². The van der Waals surface area contributed by atoms with Gasteiger partial charge in [0.25, 0.3) is 40.5 Å². The molecule has 24 heteroatoms. The minimum atomic E-state index is -4.83. The molecule has 0 aliphatic rings. The Morgan fingerprint density at radius 3 is 0.688 bits per heavy atom. The standard InChI is InChI=1S/2C12H8F2O6S2.Na.O2S.H/c2*13-9-3-1-7(5-11(9)21(15,16)17)8-2-4-10(14)12(6-8)22(18,19)20;;1-3-2;/h2*1-6H,(H,15,16,17)(H,18,19,20);;;/q;;+1;;-1. The molecule has 0 unspecified atom stereocenters. The van der Waals surface area contributed by atoms with Crippen molar-refractivity contribution in [2.75, 3.05) is 0 Å². The maximum Gasteiger partial charge on any atom is 1.00 e. The first-order valence-electron chi connectivity index (χ1n) is 11.4. The zero-order valence-electron chi connectivity index (χ0n) is 24.4. The van der Waals surface area contributed by atoms with Crippen LogP contribution in [0.5, 0.6) is 0 Å². The zero-order chi connectivity index (χ0) is 36.1. The van der Waals surface area contributed by atoms with Crippen LogP contribution in [0.25, 0.3) is 22.3 Å². The van der Waals surface area contributed by atoms with Gasteiger partial charge in [-0.2, -0.15) is 42.1 Å². The molecular weight excluding hydrogens is 772 g/mol. The van der Waals surface area contributed by atoms with E-state index in [1.807, 2.05) is 0 Å². The summed E-state index contributed by atoms with van der Waals surface area (Å²) in [4.78, 5) is -4.05. The molecule has 4 aromatic carbocycles. The summed E-state index contributed by atoms with van der Waals surface area (Å²) in [5.74, 6) is -4.82. The van der Waals surface area contributed by atoms with Gasteiger partial charge in [0.2, 0.25) is 0 Å². The second-order valence-corrected chi connectivity index (χ2v) is 14.2. The number of hydrogen-bond acceptors (Lipinski definition) is 10. The second kappa shape index (κ2) is 16.6. The van der Waals surface area contributed by atoms with E-state index in [4.69, 9.17) is 26.6 Å². The quantitative estimate of drug-likeness (QED) is 0.119. The third kappa shape index (κ3) is 11.6. The molecule has 0 radical (unpaired) electrons. The molecule has 0 heterocycles. The molecule has 0 bridgehead atoms. The van der Waals surface area contributed by atoms with Crippen molar-refractivity contribution in [3.8, 4) is 22.3 Å². The van der Waals surface area contributed by atoms with E-state index in [1.54, 1.807) is 0 Å². The topological polar surface area (TPSA) is 252 Å². The third-order valence-electron chi connectivity index (χ3n) is 5.50. The Labute approximate surface area is 296 Å². The summed E-state index contributed by atoms with van der Waals surface area (Å²) in [6.45, 7) is 0. The van der Waals surface area contributed by atoms with Crippen LogP contribution in [0.1, 0.15) is 1.43 Å². The summed E-state index contributed by atoms with van der Waals surface area (Å²) >= 11 is -0.750. The molecule has 4 N–H and O–H groups in total. The van der Waals surface area contributed by atoms with Crippen LogP contribution >= 0.6 is 0 Å². The van der Waals surface area contributed by atoms with E-state index in [0.29, 0.717) is 0 Å². The van der Waals surface area contributed by atoms with Crippen LogP contribution in [0.15, 0.2) is 92.4 Å². The Kier molecular flexibility index (Phi) is 14.9. The van der Waals surface area contributed by atoms with Crippen molar-refractivity contribution >= 4 is 52.0 Å². The van der Waals surface area contributed by atoms with E-state index >= 15 is 0 Å². The SMILES string of the molecule is O=S(=O)(O)c1cc(-c2ccc(F)c(S(=O)(=O)O)c2)ccc1F.O=S(=O)(O)c1cc(-c2ccc(F)c(S(=O)(=O)O)c2)ccc1F.O=S=O.[H-].[Na+]. The first-order valence-corrected chi connectivity index (χ1v) is 17.8. The van der Waals surface area contributed by atoms with Gasteiger partial charge in [0.15, 0.2) is 0 Å². The summed E-state index contributed by atoms with van der Waals surface area (Å²) in [6.07, 6.45) is 0. The first kappa shape index (κ1) is 43.1. The molecule has 0 aromatic heterocycles. The summed E-state index contributed by atoms with van der Waals surface area (Å²) in [7, 11) is -19.3. The molecule has 0 fully saturated rings. The Morgan fingerprint density at radius 1 is 0.417 bits per heavy atom. The van der Waals surface area contributed by atoms with Crippen LogP contribution in [0.2, 0.25) is 0 Å². The third-order valence-corrected chi connectivity index (χ3v) is 8.98. The summed E-state index contributed by atoms with van der Waals surface area (Å²) in [5.41, 5.74) is -0.00398. The van der Waals surface area contributed by atoms with Crippen molar-refractivity contribution < 1.29 is 109 Å². The molecular formula is C24H17F4NaO14S5. The average molecular weight is 789 g/mol. The minimum absolute atomic E-state index is 0. The predicted octanol–water partition coefficient (Wildman–Crippen LogP) is 0.697. The average Bonchev–Trinajstić information content (AvgIpc) is 2.92. The fourth-order valence-electron chi connectivity index (χ4n) is 3.52. The maximum absolute atomic E-state index is 13.4. The van der Waals surface area contributed by atoms with Crippen molar-refractivity contribution in [1.82, 2.24) is 0 Å². The van der Waals surface area contributed by atoms with Crippen LogP contribution in [0.4, 0.5) is 17.6 Å². The van der Waals surface area contributed by atoms with Crippen molar-refractivity contribution in [3.05, 3.63) is 96.1 Å². The van der Waals surface area contributed by atoms with Gasteiger partial charge in [-0.1, -0.05) is 24.3 Å². The maximum atomic E-state index is 13.4. The van der Waals surface area contributed by atoms with Gasteiger partial charge in [0.1, 0.15) is 42.9 Å². The Balaban J connectivity index is 0.000000839. The monoisotopic (exact) mass is 788 g/mol. The van der Waals surface area contributed by atoms with Gasteiger partial charge in [-0.05, 0) is 70.8 Å². The van der Waals surface area contributed by atoms with Gasteiger partial charge < -0.3 is 1.43 Å². The summed E-state index contributed by atoms with van der Waals surface area (Å²) in [5, 5.41) is 0. The van der Waals surface area contributed by atoms with Crippen LogP contribution in [0, 0.1) is 23.3 Å². The van der Waals surface area contributed by atoms with Crippen molar-refractivity contribution in [2.45, 2.75) is 19.6 Å². The molecule has 4 aromatic rings. The largest absolute Gasteiger partial charge is 1.00 e. The van der Waals surface area contributed by atoms with Crippen LogP contribution in [-0.2, 0) is 52.0 Å². The number of halogens is 4. The van der Waals surface area contributed by atoms with Gasteiger partial charge in [-0.15, -0.1) is 0 Å². The molecule has 0 spiro atoms. The molecule has 48 heavy (non-hydrogen) atoms. The fourth-order valence-corrected chi connectivity index (χ4v) is 5.88. The number of rotatable bonds is 6. The number of benzene rings is 4. The summed E-state index contributed by atoms with van der Waals surface area (Å²) < 4.78 is 194. The van der Waals surface area contributed by atoms with Crippen molar-refractivity contribution in [3.63, 3.8) is 0 Å². The molecule has 0 amide bonds. The molecule has 4 rings (SSSR count). The Bertz CT molecular complexity index is 2020. The Morgan fingerprint density at radius 2 is 0.562 bits per heavy atom. The second-order valence-electron chi connectivity index (χ2n) is 8.55. The van der Waals surface area contributed by atoms with E-state index < -0.39 is 94.9 Å². The smallest absolute Gasteiger partial charge is 1.00 e. The van der Waals surface area contributed by atoms with Crippen LogP contribution < -0.4 is 29.6 Å². The predicted molar refractivity (Wildman–Crippen MR) is 153 cm³/mol. The van der Waals surface area contributed by atoms with E-state index in [9.17, 15) is 51.2 Å². The van der Waals surface area contributed by atoms with E-state index in [-0.39, 0.29) is 53.2 Å². The zero-order valence-corrected chi connectivity index (χ0v) is 29.4. The minimum Gasteiger partial charge on any atom is -1.00 e. The van der Waals surface area contributed by atoms with Crippen LogP contribution in [0.3, 0.4) is 0 Å². The molecule has 0 atom stereocenters. The van der Waals surface area contributed by atoms with Gasteiger partial charge in [0.05, 0.1) is 0 Å². The van der Waals surface area contributed by atoms with E-state index in [0.717, 1.165) is 72.8 Å². The van der Waals surface area contributed by atoms with Gasteiger partial charge in [-0.3, -0.25) is 18.2 Å². The molecule has 0 saturated heterocycles. The molecule has 256 valence electrons. The summed E-state index contributed by atoms with van der Waals surface area (Å²) in [6, 6.07) is 10.4. The van der Waals surface area contributed by atoms with E-state index in [2.05, 4.69) is 0 Å². The first-order chi connectivity index (χ1) is 21.4. The fraction of sp³-hybridized carbons (Fsp3) is 0. The molecule has 0 aliphatic heterocycles.